The summed E-state index contributed by atoms with van der Waals surface area (Å²) in [6.45, 7) is 6.38. The van der Waals surface area contributed by atoms with Crippen LogP contribution in [0.5, 0.6) is 0 Å². The smallest absolute Gasteiger partial charge is 0.276 e. The Morgan fingerprint density at radius 3 is 2.54 bits per heavy atom. The maximum atomic E-state index is 13.0. The number of likely N-dealkylation sites (tertiary alicyclic amines) is 1. The second-order valence-electron chi connectivity index (χ2n) is 7.90. The first-order valence-electron chi connectivity index (χ1n) is 9.89. The Kier molecular flexibility index (Phi) is 5.23. The molecular formula is C21H28N4O3. The summed E-state index contributed by atoms with van der Waals surface area (Å²) in [5.74, 6) is 0.408. The Balaban J connectivity index is 1.62. The molecule has 1 amide bonds. The Morgan fingerprint density at radius 2 is 1.89 bits per heavy atom. The van der Waals surface area contributed by atoms with Gasteiger partial charge in [0.25, 0.3) is 5.91 Å². The van der Waals surface area contributed by atoms with Crippen molar-refractivity contribution in [1.29, 1.82) is 0 Å². The summed E-state index contributed by atoms with van der Waals surface area (Å²) >= 11 is 0. The molecule has 7 heteroatoms. The van der Waals surface area contributed by atoms with Crippen molar-refractivity contribution in [2.24, 2.45) is 0 Å². The molecule has 1 N–H and O–H groups in total. The molecule has 0 saturated carbocycles. The topological polar surface area (TPSA) is 73.0 Å². The number of piperidine rings is 1. The minimum absolute atomic E-state index is 0.125. The number of hydrogen-bond acceptors (Lipinski definition) is 6. The van der Waals surface area contributed by atoms with Gasteiger partial charge in [-0.1, -0.05) is 30.3 Å². The zero-order valence-electron chi connectivity index (χ0n) is 16.5. The fourth-order valence-corrected chi connectivity index (χ4v) is 4.38. The van der Waals surface area contributed by atoms with E-state index >= 15 is 0 Å². The molecule has 2 atom stereocenters. The Labute approximate surface area is 165 Å². The lowest BCUT2D eigenvalue weighted by atomic mass is 9.79. The number of oxazole rings is 1. The van der Waals surface area contributed by atoms with Gasteiger partial charge in [-0.25, -0.2) is 4.98 Å². The molecule has 3 heterocycles. The second kappa shape index (κ2) is 7.66. The third-order valence-corrected chi connectivity index (χ3v) is 6.19. The van der Waals surface area contributed by atoms with Crippen LogP contribution < -0.4 is 0 Å². The van der Waals surface area contributed by atoms with Gasteiger partial charge in [-0.05, 0) is 26.0 Å². The number of likely N-dealkylation sites (N-methyl/N-ethyl adjacent to an activating group) is 1. The molecule has 0 spiro atoms. The van der Waals surface area contributed by atoms with Crippen LogP contribution >= 0.6 is 0 Å². The minimum atomic E-state index is -0.979. The Morgan fingerprint density at radius 1 is 1.18 bits per heavy atom. The van der Waals surface area contributed by atoms with Crippen molar-refractivity contribution >= 4 is 5.91 Å². The molecule has 150 valence electrons. The number of carbonyl (C=O) groups excluding carboxylic acids is 1. The Hall–Kier alpha value is -2.22. The number of hydrogen-bond donors (Lipinski definition) is 1. The molecule has 7 nitrogen and oxygen atoms in total. The van der Waals surface area contributed by atoms with Crippen molar-refractivity contribution in [2.75, 3.05) is 46.3 Å². The molecule has 1 aromatic heterocycles. The van der Waals surface area contributed by atoms with Crippen molar-refractivity contribution < 1.29 is 14.3 Å². The van der Waals surface area contributed by atoms with Crippen molar-refractivity contribution in [3.8, 4) is 0 Å². The van der Waals surface area contributed by atoms with Crippen LogP contribution in [0.25, 0.3) is 0 Å². The van der Waals surface area contributed by atoms with Crippen LogP contribution in [0.4, 0.5) is 0 Å². The van der Waals surface area contributed by atoms with E-state index in [0.717, 1.165) is 31.7 Å². The number of benzene rings is 1. The lowest BCUT2D eigenvalue weighted by molar-refractivity contribution is -0.101. The summed E-state index contributed by atoms with van der Waals surface area (Å²) in [4.78, 5) is 23.5. The van der Waals surface area contributed by atoms with Gasteiger partial charge in [-0.15, -0.1) is 0 Å². The molecule has 2 fully saturated rings. The molecule has 0 bridgehead atoms. The third kappa shape index (κ3) is 3.45. The molecule has 2 saturated heterocycles. The number of aryl methyl sites for hydroxylation is 1. The third-order valence-electron chi connectivity index (χ3n) is 6.19. The van der Waals surface area contributed by atoms with Gasteiger partial charge in [-0.3, -0.25) is 9.69 Å². The Bertz CT molecular complexity index is 816. The maximum Gasteiger partial charge on any atom is 0.276 e. The normalized spacial score (nSPS) is 27.1. The number of rotatable bonds is 3. The number of nitrogens with zero attached hydrogens (tertiary/aromatic N) is 4. The van der Waals surface area contributed by atoms with E-state index in [1.165, 1.54) is 6.39 Å². The van der Waals surface area contributed by atoms with Crippen molar-refractivity contribution in [1.82, 2.24) is 19.7 Å². The van der Waals surface area contributed by atoms with Gasteiger partial charge in [0.15, 0.2) is 12.1 Å². The molecule has 0 radical (unpaired) electrons. The van der Waals surface area contributed by atoms with E-state index in [1.807, 2.05) is 35.2 Å². The first-order valence-corrected chi connectivity index (χ1v) is 9.89. The number of carbonyl (C=O) groups is 1. The molecular weight excluding hydrogens is 356 g/mol. The summed E-state index contributed by atoms with van der Waals surface area (Å²) in [5, 5.41) is 11.8. The minimum Gasteiger partial charge on any atom is -0.448 e. The second-order valence-corrected chi connectivity index (χ2v) is 7.90. The average Bonchev–Trinajstić information content (AvgIpc) is 3.15. The van der Waals surface area contributed by atoms with Crippen LogP contribution in [-0.2, 0) is 5.60 Å². The van der Waals surface area contributed by atoms with Crippen molar-refractivity contribution in [3.05, 3.63) is 53.7 Å². The number of piperazine rings is 1. The van der Waals surface area contributed by atoms with E-state index in [2.05, 4.69) is 21.8 Å². The molecule has 0 aliphatic carbocycles. The summed E-state index contributed by atoms with van der Waals surface area (Å²) < 4.78 is 5.22. The molecule has 2 aliphatic heterocycles. The largest absolute Gasteiger partial charge is 0.448 e. The van der Waals surface area contributed by atoms with E-state index < -0.39 is 5.60 Å². The lowest BCUT2D eigenvalue weighted by Crippen LogP contribution is -2.64. The highest BCUT2D eigenvalue weighted by molar-refractivity contribution is 5.93. The molecule has 4 rings (SSSR count). The molecule has 0 unspecified atom stereocenters. The van der Waals surface area contributed by atoms with Crippen LogP contribution in [0.2, 0.25) is 0 Å². The summed E-state index contributed by atoms with van der Waals surface area (Å²) in [6, 6.07) is 9.71. The van der Waals surface area contributed by atoms with Crippen LogP contribution in [0.1, 0.15) is 28.2 Å². The van der Waals surface area contributed by atoms with Crippen LogP contribution in [0.3, 0.4) is 0 Å². The lowest BCUT2D eigenvalue weighted by Gasteiger charge is -2.51. The first-order chi connectivity index (χ1) is 13.5. The summed E-state index contributed by atoms with van der Waals surface area (Å²) in [5.41, 5.74) is 0.304. The zero-order valence-corrected chi connectivity index (χ0v) is 16.5. The van der Waals surface area contributed by atoms with Crippen LogP contribution in [0.15, 0.2) is 41.1 Å². The highest BCUT2D eigenvalue weighted by atomic mass is 16.3. The van der Waals surface area contributed by atoms with Gasteiger partial charge in [0.05, 0.1) is 6.04 Å². The summed E-state index contributed by atoms with van der Waals surface area (Å²) in [7, 11) is 2.12. The van der Waals surface area contributed by atoms with E-state index in [1.54, 1.807) is 6.92 Å². The summed E-state index contributed by atoms with van der Waals surface area (Å²) in [6.07, 6.45) is 1.81. The van der Waals surface area contributed by atoms with Gasteiger partial charge in [-0.2, -0.15) is 0 Å². The van der Waals surface area contributed by atoms with Crippen LogP contribution in [0, 0.1) is 6.92 Å². The van der Waals surface area contributed by atoms with Gasteiger partial charge in [0.1, 0.15) is 11.4 Å². The maximum absolute atomic E-state index is 13.0. The van der Waals surface area contributed by atoms with Gasteiger partial charge >= 0.3 is 0 Å². The highest BCUT2D eigenvalue weighted by Gasteiger charge is 2.47. The first kappa shape index (κ1) is 19.1. The molecule has 2 aromatic rings. The van der Waals surface area contributed by atoms with E-state index in [-0.39, 0.29) is 11.9 Å². The van der Waals surface area contributed by atoms with Crippen molar-refractivity contribution in [2.45, 2.75) is 25.0 Å². The van der Waals surface area contributed by atoms with Gasteiger partial charge in [0, 0.05) is 39.3 Å². The SMILES string of the molecule is Cc1ocnc1C(=O)N1CC[C@](O)(c2ccccc2)[C@H](N2CCN(C)CC2)C1. The van der Waals surface area contributed by atoms with E-state index in [9.17, 15) is 9.90 Å². The zero-order chi connectivity index (χ0) is 19.7. The fraction of sp³-hybridized carbons (Fsp3) is 0.524. The predicted molar refractivity (Wildman–Crippen MR) is 105 cm³/mol. The average molecular weight is 384 g/mol. The predicted octanol–water partition coefficient (Wildman–Crippen LogP) is 1.33. The number of aromatic nitrogens is 1. The quantitative estimate of drug-likeness (QED) is 0.861. The number of amides is 1. The van der Waals surface area contributed by atoms with Gasteiger partial charge < -0.3 is 19.3 Å². The molecule has 2 aliphatic rings. The monoisotopic (exact) mass is 384 g/mol. The standard InChI is InChI=1S/C21H28N4O3/c1-16-19(22-15-28-16)20(26)25-9-8-21(27,17-6-4-3-5-7-17)18(14-25)24-12-10-23(2)11-13-24/h3-7,15,18,27H,8-14H2,1-2H3/t18-,21+/m1/s1. The molecule has 1 aromatic carbocycles. The van der Waals surface area contributed by atoms with E-state index in [0.29, 0.717) is 31.0 Å². The number of aliphatic hydroxyl groups is 1. The molecule has 28 heavy (non-hydrogen) atoms. The fourth-order valence-electron chi connectivity index (χ4n) is 4.38. The van der Waals surface area contributed by atoms with Gasteiger partial charge in [0.2, 0.25) is 0 Å². The van der Waals surface area contributed by atoms with Crippen LogP contribution in [-0.4, -0.2) is 83.1 Å². The van der Waals surface area contributed by atoms with E-state index in [4.69, 9.17) is 4.42 Å². The van der Waals surface area contributed by atoms with Crippen molar-refractivity contribution in [3.63, 3.8) is 0 Å². The highest BCUT2D eigenvalue weighted by Crippen LogP contribution is 2.37.